The first kappa shape index (κ1) is 19.8. The molecule has 0 spiro atoms. The van der Waals surface area contributed by atoms with Gasteiger partial charge in [0.15, 0.2) is 10.9 Å². The molecule has 144 valence electrons. The molecule has 1 amide bonds. The molecule has 0 bridgehead atoms. The first-order valence-corrected chi connectivity index (χ1v) is 10.1. The third-order valence-electron chi connectivity index (χ3n) is 4.35. The van der Waals surface area contributed by atoms with Crippen LogP contribution in [0.5, 0.6) is 0 Å². The summed E-state index contributed by atoms with van der Waals surface area (Å²) in [5.41, 5.74) is 8.07. The number of nitrogens with two attached hydrogens (primary N) is 1. The van der Waals surface area contributed by atoms with Gasteiger partial charge in [-0.25, -0.2) is 0 Å². The van der Waals surface area contributed by atoms with Crippen molar-refractivity contribution in [1.29, 1.82) is 0 Å². The molecule has 3 aromatic rings. The lowest BCUT2D eigenvalue weighted by Gasteiger charge is -2.07. The van der Waals surface area contributed by atoms with Crippen molar-refractivity contribution in [3.63, 3.8) is 0 Å². The fraction of sp³-hybridized carbons (Fsp3) is 0.238. The van der Waals surface area contributed by atoms with Crippen molar-refractivity contribution in [3.8, 4) is 11.1 Å². The molecule has 1 aromatic heterocycles. The van der Waals surface area contributed by atoms with Crippen molar-refractivity contribution < 1.29 is 9.59 Å². The van der Waals surface area contributed by atoms with Crippen LogP contribution in [0.2, 0.25) is 0 Å². The Kier molecular flexibility index (Phi) is 6.60. The third-order valence-corrected chi connectivity index (χ3v) is 5.32. The van der Waals surface area contributed by atoms with E-state index < -0.39 is 0 Å². The summed E-state index contributed by atoms with van der Waals surface area (Å²) in [4.78, 5) is 23.5. The summed E-state index contributed by atoms with van der Waals surface area (Å²) in [6.07, 6.45) is 0.682. The average Bonchev–Trinajstić information content (AvgIpc) is 3.13. The van der Waals surface area contributed by atoms with E-state index in [0.717, 1.165) is 11.1 Å². The largest absolute Gasteiger partial charge is 0.370 e. The van der Waals surface area contributed by atoms with Gasteiger partial charge in [-0.3, -0.25) is 9.59 Å². The Morgan fingerprint density at radius 3 is 2.32 bits per heavy atom. The van der Waals surface area contributed by atoms with Gasteiger partial charge in [-0.1, -0.05) is 66.4 Å². The fourth-order valence-electron chi connectivity index (χ4n) is 2.86. The highest BCUT2D eigenvalue weighted by Gasteiger charge is 2.14. The molecular weight excluding hydrogens is 372 g/mol. The van der Waals surface area contributed by atoms with E-state index in [1.807, 2.05) is 66.1 Å². The second-order valence-corrected chi connectivity index (χ2v) is 7.21. The zero-order valence-corrected chi connectivity index (χ0v) is 16.5. The van der Waals surface area contributed by atoms with Gasteiger partial charge >= 0.3 is 0 Å². The van der Waals surface area contributed by atoms with Crippen molar-refractivity contribution in [2.24, 2.45) is 5.73 Å². The van der Waals surface area contributed by atoms with Crippen molar-refractivity contribution >= 4 is 23.5 Å². The van der Waals surface area contributed by atoms with Gasteiger partial charge in [-0.2, -0.15) is 0 Å². The highest BCUT2D eigenvalue weighted by molar-refractivity contribution is 7.99. The van der Waals surface area contributed by atoms with Crippen LogP contribution in [-0.2, 0) is 17.8 Å². The molecule has 2 N–H and O–H groups in total. The van der Waals surface area contributed by atoms with Crippen LogP contribution in [0.25, 0.3) is 11.1 Å². The minimum absolute atomic E-state index is 0.0361. The molecule has 0 radical (unpaired) electrons. The second-order valence-electron chi connectivity index (χ2n) is 6.26. The molecule has 0 aliphatic heterocycles. The van der Waals surface area contributed by atoms with Gasteiger partial charge in [0, 0.05) is 24.9 Å². The number of aryl methyl sites for hydroxylation is 1. The number of carbonyl (C=O) groups excluding carboxylic acids is 2. The van der Waals surface area contributed by atoms with Crippen LogP contribution in [0.1, 0.15) is 29.5 Å². The zero-order valence-electron chi connectivity index (χ0n) is 15.7. The molecular formula is C21H22N4O2S. The van der Waals surface area contributed by atoms with Crippen LogP contribution in [0.15, 0.2) is 59.8 Å². The third kappa shape index (κ3) is 4.86. The number of carbonyl (C=O) groups is 2. The summed E-state index contributed by atoms with van der Waals surface area (Å²) < 4.78 is 1.92. The van der Waals surface area contributed by atoms with Crippen LogP contribution >= 0.6 is 11.8 Å². The number of nitrogens with zero attached hydrogens (tertiary/aromatic N) is 3. The number of hydrogen-bond donors (Lipinski definition) is 1. The highest BCUT2D eigenvalue weighted by atomic mass is 32.2. The molecule has 0 unspecified atom stereocenters. The van der Waals surface area contributed by atoms with Gasteiger partial charge in [0.25, 0.3) is 0 Å². The van der Waals surface area contributed by atoms with Crippen LogP contribution in [0, 0.1) is 0 Å². The van der Waals surface area contributed by atoms with Crippen molar-refractivity contribution in [3.05, 3.63) is 66.0 Å². The lowest BCUT2D eigenvalue weighted by Crippen LogP contribution is -2.13. The van der Waals surface area contributed by atoms with E-state index in [2.05, 4.69) is 10.2 Å². The van der Waals surface area contributed by atoms with E-state index in [0.29, 0.717) is 29.5 Å². The minimum Gasteiger partial charge on any atom is -0.370 e. The number of hydrogen-bond acceptors (Lipinski definition) is 5. The molecule has 0 saturated heterocycles. The van der Waals surface area contributed by atoms with Crippen LogP contribution < -0.4 is 5.73 Å². The zero-order chi connectivity index (χ0) is 19.9. The van der Waals surface area contributed by atoms with Gasteiger partial charge in [-0.15, -0.1) is 10.2 Å². The molecule has 1 heterocycles. The lowest BCUT2D eigenvalue weighted by molar-refractivity contribution is -0.118. The Morgan fingerprint density at radius 2 is 1.68 bits per heavy atom. The summed E-state index contributed by atoms with van der Waals surface area (Å²) in [7, 11) is 0. The van der Waals surface area contributed by atoms with Crippen LogP contribution in [-0.4, -0.2) is 32.2 Å². The number of benzene rings is 2. The van der Waals surface area contributed by atoms with Gasteiger partial charge in [0.1, 0.15) is 5.82 Å². The maximum atomic E-state index is 12.5. The van der Waals surface area contributed by atoms with Crippen molar-refractivity contribution in [1.82, 2.24) is 14.8 Å². The van der Waals surface area contributed by atoms with E-state index in [1.54, 1.807) is 0 Å². The normalized spacial score (nSPS) is 10.8. The Labute approximate surface area is 168 Å². The van der Waals surface area contributed by atoms with E-state index >= 15 is 0 Å². The number of amides is 1. The van der Waals surface area contributed by atoms with Crippen molar-refractivity contribution in [2.75, 3.05) is 5.75 Å². The molecule has 3 rings (SSSR count). The monoisotopic (exact) mass is 394 g/mol. The minimum atomic E-state index is -0.367. The fourth-order valence-corrected chi connectivity index (χ4v) is 3.77. The van der Waals surface area contributed by atoms with Gasteiger partial charge in [-0.05, 0) is 18.1 Å². The maximum Gasteiger partial charge on any atom is 0.217 e. The molecule has 7 heteroatoms. The molecule has 2 aromatic carbocycles. The summed E-state index contributed by atoms with van der Waals surface area (Å²) >= 11 is 1.35. The highest BCUT2D eigenvalue weighted by Crippen LogP contribution is 2.22. The van der Waals surface area contributed by atoms with E-state index in [1.165, 1.54) is 11.8 Å². The molecule has 0 aliphatic carbocycles. The predicted molar refractivity (Wildman–Crippen MR) is 110 cm³/mol. The number of Topliss-reactive ketones (excluding diaryl/α,β-unsaturated/α-hetero) is 1. The number of thioether (sulfide) groups is 1. The van der Waals surface area contributed by atoms with Gasteiger partial charge in [0.2, 0.25) is 5.91 Å². The Bertz CT molecular complexity index is 952. The standard InChI is InChI=1S/C21H22N4O2S/c1-2-25-20(13-12-19(22)27)23-24-21(25)28-14-18(26)17-10-8-16(9-11-17)15-6-4-3-5-7-15/h3-11H,2,12-14H2,1H3,(H2,22,27). The molecule has 0 atom stereocenters. The van der Waals surface area contributed by atoms with E-state index in [4.69, 9.17) is 5.73 Å². The maximum absolute atomic E-state index is 12.5. The number of rotatable bonds is 9. The van der Waals surface area contributed by atoms with Crippen LogP contribution in [0.4, 0.5) is 0 Å². The Balaban J connectivity index is 1.63. The Morgan fingerprint density at radius 1 is 1.00 bits per heavy atom. The van der Waals surface area contributed by atoms with Crippen molar-refractivity contribution in [2.45, 2.75) is 31.5 Å². The topological polar surface area (TPSA) is 90.9 Å². The summed E-state index contributed by atoms with van der Waals surface area (Å²) in [6.45, 7) is 2.65. The average molecular weight is 395 g/mol. The molecule has 28 heavy (non-hydrogen) atoms. The molecule has 6 nitrogen and oxygen atoms in total. The van der Waals surface area contributed by atoms with Crippen LogP contribution in [0.3, 0.4) is 0 Å². The van der Waals surface area contributed by atoms with Gasteiger partial charge < -0.3 is 10.3 Å². The number of primary amides is 1. The molecule has 0 fully saturated rings. The van der Waals surface area contributed by atoms with E-state index in [9.17, 15) is 9.59 Å². The quantitative estimate of drug-likeness (QED) is 0.444. The SMILES string of the molecule is CCn1c(CCC(N)=O)nnc1SCC(=O)c1ccc(-c2ccccc2)cc1. The predicted octanol–water partition coefficient (Wildman–Crippen LogP) is 3.36. The Hall–Kier alpha value is -2.93. The molecule has 0 saturated carbocycles. The second kappa shape index (κ2) is 9.32. The lowest BCUT2D eigenvalue weighted by atomic mass is 10.0. The summed E-state index contributed by atoms with van der Waals surface area (Å²) in [5.74, 6) is 0.657. The first-order chi connectivity index (χ1) is 13.6. The molecule has 0 aliphatic rings. The number of ketones is 1. The smallest absolute Gasteiger partial charge is 0.217 e. The summed E-state index contributed by atoms with van der Waals surface area (Å²) in [6, 6.07) is 17.7. The first-order valence-electron chi connectivity index (χ1n) is 9.10. The van der Waals surface area contributed by atoms with Gasteiger partial charge in [0.05, 0.1) is 5.75 Å². The number of aromatic nitrogens is 3. The summed E-state index contributed by atoms with van der Waals surface area (Å²) in [5, 5.41) is 8.96. The van der Waals surface area contributed by atoms with E-state index in [-0.39, 0.29) is 23.9 Å².